The van der Waals surface area contributed by atoms with Gasteiger partial charge < -0.3 is 9.80 Å². The topological polar surface area (TPSA) is 23.6 Å². The molecule has 19 heavy (non-hydrogen) atoms. The van der Waals surface area contributed by atoms with Gasteiger partial charge in [-0.3, -0.25) is 4.79 Å². The highest BCUT2D eigenvalue weighted by Crippen LogP contribution is 2.48. The van der Waals surface area contributed by atoms with Crippen LogP contribution in [0.3, 0.4) is 0 Å². The number of carbonyl (C=O) groups is 1. The van der Waals surface area contributed by atoms with E-state index in [1.165, 1.54) is 5.56 Å². The highest BCUT2D eigenvalue weighted by molar-refractivity contribution is 5.83. The SMILES string of the molecule is CCN(CCN(C)C)C(=O)C1CC1c1ccccc1. The molecule has 1 aliphatic carbocycles. The lowest BCUT2D eigenvalue weighted by Crippen LogP contribution is -2.37. The lowest BCUT2D eigenvalue weighted by atomic mass is 10.1. The average Bonchev–Trinajstić information content (AvgIpc) is 3.20. The second-order valence-electron chi connectivity index (χ2n) is 5.58. The molecule has 104 valence electrons. The molecule has 0 heterocycles. The molecule has 0 aromatic heterocycles. The average molecular weight is 260 g/mol. The Kier molecular flexibility index (Phi) is 4.59. The van der Waals surface area contributed by atoms with Crippen molar-refractivity contribution < 1.29 is 4.79 Å². The molecule has 1 aliphatic rings. The van der Waals surface area contributed by atoms with Crippen molar-refractivity contribution in [1.82, 2.24) is 9.80 Å². The number of hydrogen-bond acceptors (Lipinski definition) is 2. The van der Waals surface area contributed by atoms with E-state index in [9.17, 15) is 4.79 Å². The van der Waals surface area contributed by atoms with Crippen molar-refractivity contribution in [1.29, 1.82) is 0 Å². The van der Waals surface area contributed by atoms with Crippen LogP contribution in [-0.4, -0.2) is 49.4 Å². The van der Waals surface area contributed by atoms with Gasteiger partial charge in [0.15, 0.2) is 0 Å². The van der Waals surface area contributed by atoms with Gasteiger partial charge in [-0.2, -0.15) is 0 Å². The molecule has 1 aromatic rings. The molecule has 1 amide bonds. The van der Waals surface area contributed by atoms with E-state index in [0.717, 1.165) is 26.1 Å². The Morgan fingerprint density at radius 1 is 1.21 bits per heavy atom. The summed E-state index contributed by atoms with van der Waals surface area (Å²) in [7, 11) is 4.09. The minimum absolute atomic E-state index is 0.213. The predicted molar refractivity (Wildman–Crippen MR) is 78.1 cm³/mol. The van der Waals surface area contributed by atoms with Gasteiger partial charge in [-0.25, -0.2) is 0 Å². The molecule has 0 radical (unpaired) electrons. The summed E-state index contributed by atoms with van der Waals surface area (Å²) < 4.78 is 0. The van der Waals surface area contributed by atoms with E-state index in [1.54, 1.807) is 0 Å². The van der Waals surface area contributed by atoms with Crippen LogP contribution in [-0.2, 0) is 4.79 Å². The molecule has 1 fully saturated rings. The van der Waals surface area contributed by atoms with Crippen LogP contribution >= 0.6 is 0 Å². The van der Waals surface area contributed by atoms with E-state index in [0.29, 0.717) is 11.8 Å². The second kappa shape index (κ2) is 6.20. The summed E-state index contributed by atoms with van der Waals surface area (Å²) >= 11 is 0. The van der Waals surface area contributed by atoms with Crippen LogP contribution in [0.1, 0.15) is 24.8 Å². The van der Waals surface area contributed by atoms with Crippen molar-refractivity contribution in [3.63, 3.8) is 0 Å². The maximum atomic E-state index is 12.4. The van der Waals surface area contributed by atoms with Crippen molar-refractivity contribution in [3.8, 4) is 0 Å². The fourth-order valence-corrected chi connectivity index (χ4v) is 2.52. The number of carbonyl (C=O) groups excluding carboxylic acids is 1. The summed E-state index contributed by atoms with van der Waals surface area (Å²) in [4.78, 5) is 16.6. The maximum absolute atomic E-state index is 12.4. The molecule has 1 aromatic carbocycles. The van der Waals surface area contributed by atoms with Crippen molar-refractivity contribution in [2.75, 3.05) is 33.7 Å². The number of hydrogen-bond donors (Lipinski definition) is 0. The highest BCUT2D eigenvalue weighted by atomic mass is 16.2. The fourth-order valence-electron chi connectivity index (χ4n) is 2.52. The summed E-state index contributed by atoms with van der Waals surface area (Å²) in [6, 6.07) is 10.4. The van der Waals surface area contributed by atoms with Gasteiger partial charge in [0.1, 0.15) is 0 Å². The third-order valence-corrected chi connectivity index (χ3v) is 3.85. The molecule has 0 N–H and O–H groups in total. The van der Waals surface area contributed by atoms with Gasteiger partial charge in [-0.15, -0.1) is 0 Å². The van der Waals surface area contributed by atoms with Gasteiger partial charge >= 0.3 is 0 Å². The molecule has 3 nitrogen and oxygen atoms in total. The molecule has 0 bridgehead atoms. The first-order valence-corrected chi connectivity index (χ1v) is 7.12. The molecule has 0 spiro atoms. The first-order valence-electron chi connectivity index (χ1n) is 7.12. The van der Waals surface area contributed by atoms with Gasteiger partial charge in [0.05, 0.1) is 0 Å². The fraction of sp³-hybridized carbons (Fsp3) is 0.562. The van der Waals surface area contributed by atoms with Crippen LogP contribution in [0.4, 0.5) is 0 Å². The van der Waals surface area contributed by atoms with Gasteiger partial charge in [-0.1, -0.05) is 30.3 Å². The summed E-state index contributed by atoms with van der Waals surface area (Å²) in [5.41, 5.74) is 1.31. The number of benzene rings is 1. The van der Waals surface area contributed by atoms with Crippen LogP contribution in [0.5, 0.6) is 0 Å². The van der Waals surface area contributed by atoms with E-state index in [2.05, 4.69) is 36.1 Å². The van der Waals surface area contributed by atoms with Crippen LogP contribution in [0.15, 0.2) is 30.3 Å². The quantitative estimate of drug-likeness (QED) is 0.783. The van der Waals surface area contributed by atoms with Crippen LogP contribution < -0.4 is 0 Å². The Hall–Kier alpha value is -1.35. The van der Waals surface area contributed by atoms with E-state index >= 15 is 0 Å². The van der Waals surface area contributed by atoms with Crippen LogP contribution in [0.2, 0.25) is 0 Å². The standard InChI is InChI=1S/C16H24N2O/c1-4-18(11-10-17(2)3)16(19)15-12-14(15)13-8-6-5-7-9-13/h5-9,14-15H,4,10-12H2,1-3H3. The maximum Gasteiger partial charge on any atom is 0.226 e. The van der Waals surface area contributed by atoms with E-state index in [1.807, 2.05) is 25.1 Å². The van der Waals surface area contributed by atoms with Crippen molar-refractivity contribution in [3.05, 3.63) is 35.9 Å². The van der Waals surface area contributed by atoms with Crippen molar-refractivity contribution in [2.24, 2.45) is 5.92 Å². The highest BCUT2D eigenvalue weighted by Gasteiger charge is 2.45. The smallest absolute Gasteiger partial charge is 0.226 e. The van der Waals surface area contributed by atoms with E-state index in [4.69, 9.17) is 0 Å². The number of nitrogens with zero attached hydrogens (tertiary/aromatic N) is 2. The summed E-state index contributed by atoms with van der Waals surface area (Å²) in [6.45, 7) is 4.64. The Bertz CT molecular complexity index is 416. The lowest BCUT2D eigenvalue weighted by Gasteiger charge is -2.23. The Balaban J connectivity index is 1.90. The van der Waals surface area contributed by atoms with Gasteiger partial charge in [0.2, 0.25) is 5.91 Å². The summed E-state index contributed by atoms with van der Waals surface area (Å²) in [5.74, 6) is 0.991. The molecule has 2 unspecified atom stereocenters. The summed E-state index contributed by atoms with van der Waals surface area (Å²) in [5, 5.41) is 0. The monoisotopic (exact) mass is 260 g/mol. The van der Waals surface area contributed by atoms with Crippen molar-refractivity contribution >= 4 is 5.91 Å². The molecule has 1 saturated carbocycles. The van der Waals surface area contributed by atoms with Gasteiger partial charge in [0.25, 0.3) is 0 Å². The minimum atomic E-state index is 0.213. The summed E-state index contributed by atoms with van der Waals surface area (Å²) in [6.07, 6.45) is 1.02. The Labute approximate surface area is 116 Å². The Morgan fingerprint density at radius 2 is 1.89 bits per heavy atom. The Morgan fingerprint density at radius 3 is 2.47 bits per heavy atom. The second-order valence-corrected chi connectivity index (χ2v) is 5.58. The minimum Gasteiger partial charge on any atom is -0.341 e. The normalized spacial score (nSPS) is 21.5. The van der Waals surface area contributed by atoms with Crippen LogP contribution in [0, 0.1) is 5.92 Å². The third kappa shape index (κ3) is 3.57. The van der Waals surface area contributed by atoms with Crippen molar-refractivity contribution in [2.45, 2.75) is 19.3 Å². The zero-order valence-electron chi connectivity index (χ0n) is 12.2. The molecule has 0 saturated heterocycles. The number of rotatable bonds is 6. The largest absolute Gasteiger partial charge is 0.341 e. The van der Waals surface area contributed by atoms with Crippen LogP contribution in [0.25, 0.3) is 0 Å². The molecule has 2 rings (SSSR count). The number of likely N-dealkylation sites (N-methyl/N-ethyl adjacent to an activating group) is 2. The zero-order chi connectivity index (χ0) is 13.8. The van der Waals surface area contributed by atoms with E-state index in [-0.39, 0.29) is 5.92 Å². The van der Waals surface area contributed by atoms with Gasteiger partial charge in [-0.05, 0) is 38.9 Å². The van der Waals surface area contributed by atoms with E-state index < -0.39 is 0 Å². The molecule has 3 heteroatoms. The zero-order valence-corrected chi connectivity index (χ0v) is 12.2. The number of amides is 1. The van der Waals surface area contributed by atoms with Gasteiger partial charge in [0, 0.05) is 25.6 Å². The first kappa shape index (κ1) is 14.1. The first-order chi connectivity index (χ1) is 9.13. The molecule has 0 aliphatic heterocycles. The third-order valence-electron chi connectivity index (χ3n) is 3.85. The predicted octanol–water partition coefficient (Wildman–Crippen LogP) is 2.20. The lowest BCUT2D eigenvalue weighted by molar-refractivity contribution is -0.132. The molecular formula is C16H24N2O. The molecular weight excluding hydrogens is 236 g/mol. The molecule has 2 atom stereocenters.